The molecule has 0 radical (unpaired) electrons. The van der Waals surface area contributed by atoms with E-state index in [1.54, 1.807) is 11.8 Å². The molecule has 0 bridgehead atoms. The van der Waals surface area contributed by atoms with E-state index in [0.29, 0.717) is 12.5 Å². The molecule has 0 spiro atoms. The first-order valence-electron chi connectivity index (χ1n) is 5.20. The largest absolute Gasteiger partial charge is 0.465 e. The average Bonchev–Trinajstić information content (AvgIpc) is 2.98. The maximum Gasteiger partial charge on any atom is 0.325 e. The molecule has 0 atom stereocenters. The number of alkyl halides is 1. The van der Waals surface area contributed by atoms with Gasteiger partial charge in [0.1, 0.15) is 6.54 Å². The maximum atomic E-state index is 11.6. The van der Waals surface area contributed by atoms with Crippen molar-refractivity contribution in [3.63, 3.8) is 0 Å². The molecule has 4 nitrogen and oxygen atoms in total. The molecule has 1 rings (SSSR count). The van der Waals surface area contributed by atoms with Crippen molar-refractivity contribution in [3.8, 4) is 0 Å². The number of esters is 1. The van der Waals surface area contributed by atoms with Crippen LogP contribution in [-0.4, -0.2) is 41.8 Å². The monoisotopic (exact) mass is 233 g/mol. The van der Waals surface area contributed by atoms with E-state index in [-0.39, 0.29) is 30.9 Å². The minimum Gasteiger partial charge on any atom is -0.465 e. The first-order chi connectivity index (χ1) is 7.19. The summed E-state index contributed by atoms with van der Waals surface area (Å²) in [6.07, 6.45) is 2.25. The minimum absolute atomic E-state index is 0.0550. The molecule has 1 fully saturated rings. The quantitative estimate of drug-likeness (QED) is 0.511. The van der Waals surface area contributed by atoms with Crippen molar-refractivity contribution in [1.29, 1.82) is 0 Å². The Kier molecular flexibility index (Phi) is 4.88. The van der Waals surface area contributed by atoms with E-state index in [1.165, 1.54) is 0 Å². The van der Waals surface area contributed by atoms with Gasteiger partial charge in [-0.3, -0.25) is 9.59 Å². The van der Waals surface area contributed by atoms with Crippen LogP contribution in [0.5, 0.6) is 0 Å². The van der Waals surface area contributed by atoms with Crippen LogP contribution in [0.3, 0.4) is 0 Å². The Balaban J connectivity index is 2.43. The summed E-state index contributed by atoms with van der Waals surface area (Å²) in [5, 5.41) is 0. The van der Waals surface area contributed by atoms with Gasteiger partial charge in [0.05, 0.1) is 6.61 Å². The summed E-state index contributed by atoms with van der Waals surface area (Å²) in [6, 6.07) is 0.227. The second-order valence-electron chi connectivity index (χ2n) is 3.50. The van der Waals surface area contributed by atoms with Gasteiger partial charge >= 0.3 is 5.97 Å². The Hall–Kier alpha value is -0.770. The van der Waals surface area contributed by atoms with Crippen molar-refractivity contribution >= 4 is 23.5 Å². The third-order valence-corrected chi connectivity index (χ3v) is 2.41. The highest BCUT2D eigenvalue weighted by Gasteiger charge is 2.33. The summed E-state index contributed by atoms with van der Waals surface area (Å²) in [6.45, 7) is 2.16. The van der Waals surface area contributed by atoms with Crippen LogP contribution in [0.1, 0.15) is 26.2 Å². The van der Waals surface area contributed by atoms with E-state index in [0.717, 1.165) is 12.8 Å². The van der Waals surface area contributed by atoms with Gasteiger partial charge < -0.3 is 9.64 Å². The van der Waals surface area contributed by atoms with Crippen LogP contribution in [-0.2, 0) is 14.3 Å². The van der Waals surface area contributed by atoms with Crippen LogP contribution in [0.2, 0.25) is 0 Å². The summed E-state index contributed by atoms with van der Waals surface area (Å²) >= 11 is 5.50. The van der Waals surface area contributed by atoms with Crippen LogP contribution in [0.25, 0.3) is 0 Å². The number of carbonyl (C=O) groups excluding carboxylic acids is 2. The molecule has 0 saturated heterocycles. The van der Waals surface area contributed by atoms with Crippen LogP contribution in [0, 0.1) is 0 Å². The zero-order chi connectivity index (χ0) is 11.3. The number of rotatable bonds is 6. The molecule has 0 aromatic carbocycles. The Morgan fingerprint density at radius 3 is 2.60 bits per heavy atom. The van der Waals surface area contributed by atoms with Crippen LogP contribution in [0.4, 0.5) is 0 Å². The molecular weight excluding hydrogens is 218 g/mol. The second kappa shape index (κ2) is 5.95. The third-order valence-electron chi connectivity index (χ3n) is 2.22. The van der Waals surface area contributed by atoms with Gasteiger partial charge in [-0.15, -0.1) is 11.6 Å². The number of nitrogens with zero attached hydrogens (tertiary/aromatic N) is 1. The smallest absolute Gasteiger partial charge is 0.325 e. The molecule has 5 heteroatoms. The lowest BCUT2D eigenvalue weighted by Gasteiger charge is -2.20. The first-order valence-corrected chi connectivity index (χ1v) is 5.73. The van der Waals surface area contributed by atoms with Crippen LogP contribution in [0.15, 0.2) is 0 Å². The van der Waals surface area contributed by atoms with Gasteiger partial charge in [-0.1, -0.05) is 0 Å². The van der Waals surface area contributed by atoms with Gasteiger partial charge in [0.15, 0.2) is 0 Å². The second-order valence-corrected chi connectivity index (χ2v) is 3.87. The van der Waals surface area contributed by atoms with Crippen LogP contribution < -0.4 is 0 Å². The van der Waals surface area contributed by atoms with E-state index in [2.05, 4.69) is 0 Å². The normalized spacial score (nSPS) is 14.8. The molecule has 1 aliphatic rings. The number of ether oxygens (including phenoxy) is 1. The lowest BCUT2D eigenvalue weighted by Crippen LogP contribution is -2.38. The predicted octanol–water partition coefficient (Wildman–Crippen LogP) is 1.17. The summed E-state index contributed by atoms with van der Waals surface area (Å²) in [7, 11) is 0. The first kappa shape index (κ1) is 12.3. The lowest BCUT2D eigenvalue weighted by atomic mass is 10.3. The molecule has 0 heterocycles. The Bertz CT molecular complexity index is 241. The van der Waals surface area contributed by atoms with E-state index in [4.69, 9.17) is 16.3 Å². The predicted molar refractivity (Wildman–Crippen MR) is 56.7 cm³/mol. The highest BCUT2D eigenvalue weighted by molar-refractivity contribution is 6.18. The molecule has 0 aliphatic heterocycles. The zero-order valence-corrected chi connectivity index (χ0v) is 9.63. The summed E-state index contributed by atoms with van der Waals surface area (Å²) < 4.78 is 4.81. The van der Waals surface area contributed by atoms with Gasteiger partial charge in [-0.05, 0) is 19.8 Å². The molecular formula is C10H16ClNO3. The molecule has 0 aromatic heterocycles. The van der Waals surface area contributed by atoms with Crippen molar-refractivity contribution in [2.24, 2.45) is 0 Å². The molecule has 1 saturated carbocycles. The molecule has 1 aliphatic carbocycles. The Morgan fingerprint density at radius 1 is 1.47 bits per heavy atom. The lowest BCUT2D eigenvalue weighted by molar-refractivity contribution is -0.149. The molecule has 0 unspecified atom stereocenters. The topological polar surface area (TPSA) is 46.6 Å². The maximum absolute atomic E-state index is 11.6. The van der Waals surface area contributed by atoms with Crippen molar-refractivity contribution < 1.29 is 14.3 Å². The standard InChI is InChI=1S/C10H16ClNO3/c1-2-15-10(14)7-12(8-3-4-8)9(13)5-6-11/h8H,2-7H2,1H3. The van der Waals surface area contributed by atoms with Gasteiger partial charge in [-0.2, -0.15) is 0 Å². The molecule has 0 N–H and O–H groups in total. The fraction of sp³-hybridized carbons (Fsp3) is 0.800. The van der Waals surface area contributed by atoms with E-state index < -0.39 is 0 Å². The van der Waals surface area contributed by atoms with Crippen LogP contribution >= 0.6 is 11.6 Å². The van der Waals surface area contributed by atoms with E-state index >= 15 is 0 Å². The summed E-state index contributed by atoms with van der Waals surface area (Å²) in [5.41, 5.74) is 0. The average molecular weight is 234 g/mol. The van der Waals surface area contributed by atoms with Crippen molar-refractivity contribution in [3.05, 3.63) is 0 Å². The highest BCUT2D eigenvalue weighted by atomic mass is 35.5. The zero-order valence-electron chi connectivity index (χ0n) is 8.87. The van der Waals surface area contributed by atoms with Crippen molar-refractivity contribution in [2.75, 3.05) is 19.0 Å². The number of hydrogen-bond acceptors (Lipinski definition) is 3. The summed E-state index contributed by atoms with van der Waals surface area (Å²) in [4.78, 5) is 24.4. The van der Waals surface area contributed by atoms with E-state index in [9.17, 15) is 9.59 Å². The molecule has 0 aromatic rings. The number of halogens is 1. The highest BCUT2D eigenvalue weighted by Crippen LogP contribution is 2.27. The third kappa shape index (κ3) is 4.08. The molecule has 15 heavy (non-hydrogen) atoms. The molecule has 86 valence electrons. The minimum atomic E-state index is -0.340. The van der Waals surface area contributed by atoms with Crippen molar-refractivity contribution in [2.45, 2.75) is 32.2 Å². The number of hydrogen-bond donors (Lipinski definition) is 0. The Morgan fingerprint density at radius 2 is 2.13 bits per heavy atom. The summed E-state index contributed by atoms with van der Waals surface area (Å²) in [5.74, 6) is -0.0990. The Labute approximate surface area is 94.5 Å². The SMILES string of the molecule is CCOC(=O)CN(C(=O)CCCl)C1CC1. The molecule has 1 amide bonds. The fourth-order valence-corrected chi connectivity index (χ4v) is 1.54. The number of amides is 1. The van der Waals surface area contributed by atoms with Gasteiger partial charge in [0, 0.05) is 18.3 Å². The van der Waals surface area contributed by atoms with Gasteiger partial charge in [-0.25, -0.2) is 0 Å². The fourth-order valence-electron chi connectivity index (χ4n) is 1.38. The van der Waals surface area contributed by atoms with Gasteiger partial charge in [0.2, 0.25) is 5.91 Å². The van der Waals surface area contributed by atoms with Crippen molar-refractivity contribution in [1.82, 2.24) is 4.90 Å². The van der Waals surface area contributed by atoms with Gasteiger partial charge in [0.25, 0.3) is 0 Å². The van der Waals surface area contributed by atoms with E-state index in [1.807, 2.05) is 0 Å². The number of carbonyl (C=O) groups is 2.